The molecule has 2 aliphatic heterocycles. The smallest absolute Gasteiger partial charge is 0.321 e. The minimum absolute atomic E-state index is 0.0610. The first-order chi connectivity index (χ1) is 13.1. The molecule has 0 radical (unpaired) electrons. The number of anilines is 1. The maximum Gasteiger partial charge on any atom is 0.321 e. The Hall–Kier alpha value is -2.24. The Balaban J connectivity index is 1.43. The molecule has 1 aliphatic carbocycles. The van der Waals surface area contributed by atoms with Crippen molar-refractivity contribution in [1.82, 2.24) is 9.80 Å². The Morgan fingerprint density at radius 2 is 2.07 bits per heavy atom. The van der Waals surface area contributed by atoms with Gasteiger partial charge in [0.1, 0.15) is 5.75 Å². The summed E-state index contributed by atoms with van der Waals surface area (Å²) in [6.45, 7) is 4.80. The molecule has 1 spiro atoms. The Labute approximate surface area is 160 Å². The summed E-state index contributed by atoms with van der Waals surface area (Å²) in [5.41, 5.74) is 0.772. The van der Waals surface area contributed by atoms with E-state index in [1.54, 1.807) is 0 Å². The van der Waals surface area contributed by atoms with E-state index in [0.717, 1.165) is 51.7 Å². The monoisotopic (exact) mass is 371 g/mol. The molecule has 4 rings (SSSR count). The highest BCUT2D eigenvalue weighted by molar-refractivity contribution is 5.91. The summed E-state index contributed by atoms with van der Waals surface area (Å²) in [5.74, 6) is 0.999. The third kappa shape index (κ3) is 3.89. The molecule has 1 saturated carbocycles. The number of hydrogen-bond donors (Lipinski definition) is 1. The summed E-state index contributed by atoms with van der Waals surface area (Å²) >= 11 is 0. The zero-order chi connectivity index (χ0) is 18.9. The molecule has 0 bridgehead atoms. The van der Waals surface area contributed by atoms with Gasteiger partial charge in [-0.3, -0.25) is 4.79 Å². The number of para-hydroxylation sites is 2. The second-order valence-electron chi connectivity index (χ2n) is 8.14. The van der Waals surface area contributed by atoms with Crippen LogP contribution in [0.4, 0.5) is 10.5 Å². The van der Waals surface area contributed by atoms with Crippen LogP contribution < -0.4 is 10.1 Å². The molecule has 0 unspecified atom stereocenters. The first kappa shape index (κ1) is 18.1. The van der Waals surface area contributed by atoms with Gasteiger partial charge in [0.25, 0.3) is 0 Å². The molecule has 1 aromatic carbocycles. The van der Waals surface area contributed by atoms with Crippen LogP contribution in [0, 0.1) is 5.41 Å². The fourth-order valence-corrected chi connectivity index (χ4v) is 4.52. The normalized spacial score (nSPS) is 25.6. The highest BCUT2D eigenvalue weighted by Crippen LogP contribution is 2.42. The van der Waals surface area contributed by atoms with Crippen LogP contribution in [0.5, 0.6) is 5.75 Å². The van der Waals surface area contributed by atoms with Crippen molar-refractivity contribution in [1.29, 1.82) is 0 Å². The summed E-state index contributed by atoms with van der Waals surface area (Å²) in [4.78, 5) is 29.2. The minimum Gasteiger partial charge on any atom is -0.492 e. The van der Waals surface area contributed by atoms with Gasteiger partial charge in [0.15, 0.2) is 0 Å². The minimum atomic E-state index is -0.0731. The maximum absolute atomic E-state index is 12.9. The molecule has 146 valence electrons. The van der Waals surface area contributed by atoms with Gasteiger partial charge in [-0.2, -0.15) is 0 Å². The van der Waals surface area contributed by atoms with E-state index >= 15 is 0 Å². The van der Waals surface area contributed by atoms with Gasteiger partial charge in [-0.05, 0) is 51.2 Å². The fourth-order valence-electron chi connectivity index (χ4n) is 4.52. The number of nitrogens with one attached hydrogen (secondary N) is 1. The predicted octanol–water partition coefficient (Wildman–Crippen LogP) is 3.48. The van der Waals surface area contributed by atoms with Crippen LogP contribution in [0.25, 0.3) is 0 Å². The zero-order valence-corrected chi connectivity index (χ0v) is 16.1. The van der Waals surface area contributed by atoms with E-state index in [4.69, 9.17) is 4.74 Å². The van der Waals surface area contributed by atoms with Crippen LogP contribution in [-0.4, -0.2) is 54.0 Å². The number of ether oxygens (including phenoxy) is 1. The molecule has 1 aromatic rings. The SMILES string of the molecule is CCOc1ccccc1NC(=O)N1CCC[C@@]2(CCC(=O)N(C3CC3)C2)C1. The topological polar surface area (TPSA) is 61.9 Å². The molecular weight excluding hydrogens is 342 g/mol. The number of hydrogen-bond acceptors (Lipinski definition) is 3. The number of benzene rings is 1. The van der Waals surface area contributed by atoms with Crippen molar-refractivity contribution < 1.29 is 14.3 Å². The fraction of sp³-hybridized carbons (Fsp3) is 0.619. The standard InChI is InChI=1S/C21H29N3O3/c1-2-27-18-7-4-3-6-17(18)22-20(26)23-13-5-11-21(14-23)12-10-19(25)24(15-21)16-8-9-16/h3-4,6-7,16H,2,5,8-15H2,1H3,(H,22,26)/t21-/m1/s1. The van der Waals surface area contributed by atoms with Crippen LogP contribution in [0.1, 0.15) is 45.4 Å². The van der Waals surface area contributed by atoms with Crippen LogP contribution >= 0.6 is 0 Å². The molecule has 6 nitrogen and oxygen atoms in total. The summed E-state index contributed by atoms with van der Waals surface area (Å²) in [5, 5.41) is 3.02. The number of piperidine rings is 2. The molecule has 3 aliphatic rings. The number of carbonyl (C=O) groups excluding carboxylic acids is 2. The van der Waals surface area contributed by atoms with Gasteiger partial charge in [-0.25, -0.2) is 4.79 Å². The van der Waals surface area contributed by atoms with Crippen molar-refractivity contribution in [3.05, 3.63) is 24.3 Å². The molecule has 0 aromatic heterocycles. The van der Waals surface area contributed by atoms with E-state index in [9.17, 15) is 9.59 Å². The lowest BCUT2D eigenvalue weighted by molar-refractivity contribution is -0.139. The van der Waals surface area contributed by atoms with Gasteiger partial charge in [0.2, 0.25) is 5.91 Å². The number of rotatable bonds is 4. The van der Waals surface area contributed by atoms with E-state index in [1.165, 1.54) is 0 Å². The van der Waals surface area contributed by atoms with Crippen molar-refractivity contribution in [3.63, 3.8) is 0 Å². The molecule has 2 heterocycles. The zero-order valence-electron chi connectivity index (χ0n) is 16.1. The first-order valence-electron chi connectivity index (χ1n) is 10.2. The first-order valence-corrected chi connectivity index (χ1v) is 10.2. The van der Waals surface area contributed by atoms with E-state index in [2.05, 4.69) is 10.2 Å². The van der Waals surface area contributed by atoms with Crippen LogP contribution in [0.15, 0.2) is 24.3 Å². The van der Waals surface area contributed by atoms with E-state index < -0.39 is 0 Å². The summed E-state index contributed by atoms with van der Waals surface area (Å²) in [6.07, 6.45) is 5.89. The van der Waals surface area contributed by atoms with E-state index in [-0.39, 0.29) is 11.4 Å². The number of amides is 3. The lowest BCUT2D eigenvalue weighted by Crippen LogP contribution is -2.56. The Bertz CT molecular complexity index is 718. The largest absolute Gasteiger partial charge is 0.492 e. The lowest BCUT2D eigenvalue weighted by Gasteiger charge is -2.48. The molecule has 27 heavy (non-hydrogen) atoms. The van der Waals surface area contributed by atoms with Gasteiger partial charge in [0.05, 0.1) is 12.3 Å². The Morgan fingerprint density at radius 3 is 2.85 bits per heavy atom. The van der Waals surface area contributed by atoms with Crippen LogP contribution in [0.2, 0.25) is 0 Å². The molecule has 3 fully saturated rings. The van der Waals surface area contributed by atoms with Crippen molar-refractivity contribution in [2.45, 2.75) is 51.5 Å². The Morgan fingerprint density at radius 1 is 1.26 bits per heavy atom. The number of likely N-dealkylation sites (tertiary alicyclic amines) is 2. The molecule has 1 atom stereocenters. The molecular formula is C21H29N3O3. The lowest BCUT2D eigenvalue weighted by atomic mass is 9.73. The van der Waals surface area contributed by atoms with E-state index in [0.29, 0.717) is 36.4 Å². The van der Waals surface area contributed by atoms with Gasteiger partial charge in [-0.1, -0.05) is 12.1 Å². The van der Waals surface area contributed by atoms with Gasteiger partial charge in [0, 0.05) is 37.5 Å². The van der Waals surface area contributed by atoms with E-state index in [1.807, 2.05) is 36.1 Å². The highest BCUT2D eigenvalue weighted by atomic mass is 16.5. The van der Waals surface area contributed by atoms with Crippen molar-refractivity contribution >= 4 is 17.6 Å². The number of urea groups is 1. The van der Waals surface area contributed by atoms with Crippen molar-refractivity contribution in [2.75, 3.05) is 31.6 Å². The average molecular weight is 371 g/mol. The van der Waals surface area contributed by atoms with Gasteiger partial charge >= 0.3 is 6.03 Å². The summed E-state index contributed by atoms with van der Waals surface area (Å²) in [7, 11) is 0. The van der Waals surface area contributed by atoms with Crippen molar-refractivity contribution in [3.8, 4) is 5.75 Å². The second kappa shape index (κ2) is 7.41. The van der Waals surface area contributed by atoms with Crippen LogP contribution in [-0.2, 0) is 4.79 Å². The number of carbonyl (C=O) groups is 2. The number of nitrogens with zero attached hydrogens (tertiary/aromatic N) is 2. The molecule has 2 saturated heterocycles. The predicted molar refractivity (Wildman–Crippen MR) is 104 cm³/mol. The third-order valence-electron chi connectivity index (χ3n) is 6.06. The third-order valence-corrected chi connectivity index (χ3v) is 6.06. The maximum atomic E-state index is 12.9. The summed E-state index contributed by atoms with van der Waals surface area (Å²) in [6, 6.07) is 7.93. The van der Waals surface area contributed by atoms with Gasteiger partial charge in [-0.15, -0.1) is 0 Å². The quantitative estimate of drug-likeness (QED) is 0.881. The molecule has 6 heteroatoms. The second-order valence-corrected chi connectivity index (χ2v) is 8.14. The highest BCUT2D eigenvalue weighted by Gasteiger charge is 2.46. The molecule has 1 N–H and O–H groups in total. The average Bonchev–Trinajstić information content (AvgIpc) is 3.51. The van der Waals surface area contributed by atoms with Crippen LogP contribution in [0.3, 0.4) is 0 Å². The summed E-state index contributed by atoms with van der Waals surface area (Å²) < 4.78 is 5.62. The van der Waals surface area contributed by atoms with Crippen molar-refractivity contribution in [2.24, 2.45) is 5.41 Å². The van der Waals surface area contributed by atoms with Gasteiger partial charge < -0.3 is 19.9 Å². The Kier molecular flexibility index (Phi) is 4.98. The molecule has 3 amide bonds.